The van der Waals surface area contributed by atoms with Crippen LogP contribution < -0.4 is 4.74 Å². The molecule has 4 rings (SSSR count). The molecule has 2 fully saturated rings. The molecule has 2 heterocycles. The van der Waals surface area contributed by atoms with E-state index in [-0.39, 0.29) is 16.8 Å². The smallest absolute Gasteiger partial charge is 0.253 e. The Morgan fingerprint density at radius 3 is 2.13 bits per heavy atom. The van der Waals surface area contributed by atoms with Gasteiger partial charge >= 0.3 is 0 Å². The van der Waals surface area contributed by atoms with Gasteiger partial charge in [-0.1, -0.05) is 11.6 Å². The van der Waals surface area contributed by atoms with Crippen molar-refractivity contribution in [1.82, 2.24) is 9.80 Å². The summed E-state index contributed by atoms with van der Waals surface area (Å²) < 4.78 is 19.3. The van der Waals surface area contributed by atoms with Gasteiger partial charge in [-0.3, -0.25) is 9.59 Å². The van der Waals surface area contributed by atoms with Gasteiger partial charge in [-0.2, -0.15) is 0 Å². The van der Waals surface area contributed by atoms with Crippen LogP contribution in [0.5, 0.6) is 5.75 Å². The van der Waals surface area contributed by atoms with Crippen LogP contribution >= 0.6 is 11.6 Å². The number of piperidine rings is 1. The zero-order valence-electron chi connectivity index (χ0n) is 17.4. The first-order valence-electron chi connectivity index (χ1n) is 10.8. The predicted molar refractivity (Wildman–Crippen MR) is 117 cm³/mol. The van der Waals surface area contributed by atoms with Crippen molar-refractivity contribution < 1.29 is 18.7 Å². The molecule has 0 N–H and O–H groups in total. The van der Waals surface area contributed by atoms with Crippen LogP contribution in [-0.4, -0.2) is 54.4 Å². The summed E-state index contributed by atoms with van der Waals surface area (Å²) in [6, 6.07) is 11.4. The van der Waals surface area contributed by atoms with E-state index in [1.807, 2.05) is 29.2 Å². The molecule has 2 aliphatic rings. The fourth-order valence-corrected chi connectivity index (χ4v) is 4.31. The van der Waals surface area contributed by atoms with E-state index in [2.05, 4.69) is 0 Å². The van der Waals surface area contributed by atoms with E-state index in [9.17, 15) is 14.0 Å². The highest BCUT2D eigenvalue weighted by atomic mass is 35.5. The number of nitrogens with zero attached hydrogens (tertiary/aromatic N) is 2. The van der Waals surface area contributed by atoms with Gasteiger partial charge in [0.25, 0.3) is 11.8 Å². The second-order valence-electron chi connectivity index (χ2n) is 8.20. The van der Waals surface area contributed by atoms with Gasteiger partial charge in [-0.25, -0.2) is 4.39 Å². The molecule has 0 unspecified atom stereocenters. The first-order valence-corrected chi connectivity index (χ1v) is 11.2. The fourth-order valence-electron chi connectivity index (χ4n) is 4.13. The molecule has 0 radical (unpaired) electrons. The van der Waals surface area contributed by atoms with Crippen LogP contribution in [0.15, 0.2) is 42.5 Å². The summed E-state index contributed by atoms with van der Waals surface area (Å²) in [6.07, 6.45) is 3.84. The van der Waals surface area contributed by atoms with Gasteiger partial charge in [-0.05, 0) is 74.1 Å². The van der Waals surface area contributed by atoms with Crippen LogP contribution in [0.3, 0.4) is 0 Å². The Morgan fingerprint density at radius 2 is 1.48 bits per heavy atom. The highest BCUT2D eigenvalue weighted by Gasteiger charge is 2.25. The van der Waals surface area contributed by atoms with Crippen molar-refractivity contribution in [2.45, 2.75) is 25.7 Å². The van der Waals surface area contributed by atoms with Crippen molar-refractivity contribution >= 4 is 23.4 Å². The third-order valence-electron chi connectivity index (χ3n) is 6.05. The Hall–Kier alpha value is -2.60. The molecule has 2 amide bonds. The second kappa shape index (κ2) is 9.69. The molecule has 2 aromatic carbocycles. The summed E-state index contributed by atoms with van der Waals surface area (Å²) in [7, 11) is 0. The Labute approximate surface area is 186 Å². The molecule has 0 bridgehead atoms. The van der Waals surface area contributed by atoms with Gasteiger partial charge < -0.3 is 14.5 Å². The lowest BCUT2D eigenvalue weighted by molar-refractivity contribution is 0.0660. The zero-order chi connectivity index (χ0) is 21.8. The lowest BCUT2D eigenvalue weighted by Gasteiger charge is -2.32. The maximum Gasteiger partial charge on any atom is 0.253 e. The molecule has 31 heavy (non-hydrogen) atoms. The largest absolute Gasteiger partial charge is 0.493 e. The molecule has 0 aromatic heterocycles. The van der Waals surface area contributed by atoms with Gasteiger partial charge in [0.2, 0.25) is 0 Å². The average molecular weight is 445 g/mol. The molecule has 7 heteroatoms. The third kappa shape index (κ3) is 5.18. The highest BCUT2D eigenvalue weighted by molar-refractivity contribution is 6.31. The molecule has 0 atom stereocenters. The minimum atomic E-state index is -0.525. The van der Waals surface area contributed by atoms with E-state index >= 15 is 0 Å². The van der Waals surface area contributed by atoms with Crippen LogP contribution in [0.4, 0.5) is 4.39 Å². The molecule has 2 aliphatic heterocycles. The number of rotatable bonds is 5. The summed E-state index contributed by atoms with van der Waals surface area (Å²) in [4.78, 5) is 28.7. The molecule has 0 saturated carbocycles. The fraction of sp³-hybridized carbons (Fsp3) is 0.417. The molecule has 164 valence electrons. The number of hydrogen-bond acceptors (Lipinski definition) is 3. The number of carbonyl (C=O) groups excluding carboxylic acids is 2. The van der Waals surface area contributed by atoms with E-state index in [0.29, 0.717) is 36.7 Å². The topological polar surface area (TPSA) is 49.9 Å². The number of likely N-dealkylation sites (tertiary alicyclic amines) is 2. The van der Waals surface area contributed by atoms with Crippen LogP contribution in [0.2, 0.25) is 5.02 Å². The highest BCUT2D eigenvalue weighted by Crippen LogP contribution is 2.23. The minimum Gasteiger partial charge on any atom is -0.493 e. The van der Waals surface area contributed by atoms with E-state index in [1.165, 1.54) is 18.2 Å². The monoisotopic (exact) mass is 444 g/mol. The van der Waals surface area contributed by atoms with Crippen LogP contribution in [-0.2, 0) is 0 Å². The molecular weight excluding hydrogens is 419 g/mol. The van der Waals surface area contributed by atoms with Crippen molar-refractivity contribution in [3.8, 4) is 5.75 Å². The number of ether oxygens (including phenoxy) is 1. The molecule has 0 spiro atoms. The standard InChI is InChI=1S/C24H26ClFN2O3/c25-21-15-19(5-8-22(21)26)24(30)28-13-9-17(10-14-28)16-31-20-6-3-18(4-7-20)23(29)27-11-1-2-12-27/h3-8,15,17H,1-2,9-14,16H2. The Balaban J connectivity index is 1.24. The van der Waals surface area contributed by atoms with E-state index in [0.717, 1.165) is 44.5 Å². The van der Waals surface area contributed by atoms with Crippen molar-refractivity contribution in [3.63, 3.8) is 0 Å². The number of halogens is 2. The Kier molecular flexibility index (Phi) is 6.76. The van der Waals surface area contributed by atoms with Crippen molar-refractivity contribution in [2.75, 3.05) is 32.8 Å². The van der Waals surface area contributed by atoms with Gasteiger partial charge in [-0.15, -0.1) is 0 Å². The van der Waals surface area contributed by atoms with E-state index in [4.69, 9.17) is 16.3 Å². The Morgan fingerprint density at radius 1 is 0.903 bits per heavy atom. The molecular formula is C24H26ClFN2O3. The second-order valence-corrected chi connectivity index (χ2v) is 8.61. The van der Waals surface area contributed by atoms with Gasteiger partial charge in [0, 0.05) is 37.3 Å². The van der Waals surface area contributed by atoms with Crippen LogP contribution in [0, 0.1) is 11.7 Å². The maximum atomic E-state index is 13.3. The van der Waals surface area contributed by atoms with Crippen LogP contribution in [0.25, 0.3) is 0 Å². The average Bonchev–Trinajstić information content (AvgIpc) is 3.34. The van der Waals surface area contributed by atoms with Crippen molar-refractivity contribution in [3.05, 3.63) is 64.4 Å². The molecule has 2 aromatic rings. The van der Waals surface area contributed by atoms with Crippen LogP contribution in [0.1, 0.15) is 46.4 Å². The third-order valence-corrected chi connectivity index (χ3v) is 6.34. The first kappa shape index (κ1) is 21.6. The number of carbonyl (C=O) groups is 2. The van der Waals surface area contributed by atoms with Gasteiger partial charge in [0.15, 0.2) is 0 Å². The summed E-state index contributed by atoms with van der Waals surface area (Å²) in [5.74, 6) is 0.537. The summed E-state index contributed by atoms with van der Waals surface area (Å²) in [6.45, 7) is 3.51. The normalized spacial score (nSPS) is 17.1. The zero-order valence-corrected chi connectivity index (χ0v) is 18.1. The minimum absolute atomic E-state index is 0.0396. The number of hydrogen-bond donors (Lipinski definition) is 0. The first-order chi connectivity index (χ1) is 15.0. The maximum absolute atomic E-state index is 13.3. The summed E-state index contributed by atoms with van der Waals surface area (Å²) in [5, 5.41) is -0.0396. The van der Waals surface area contributed by atoms with Gasteiger partial charge in [0.05, 0.1) is 11.6 Å². The summed E-state index contributed by atoms with van der Waals surface area (Å²) >= 11 is 5.80. The molecule has 5 nitrogen and oxygen atoms in total. The summed E-state index contributed by atoms with van der Waals surface area (Å²) in [5.41, 5.74) is 1.10. The SMILES string of the molecule is O=C(c1ccc(OCC2CCN(C(=O)c3ccc(F)c(Cl)c3)CC2)cc1)N1CCCC1. The lowest BCUT2D eigenvalue weighted by Crippen LogP contribution is -2.39. The number of benzene rings is 2. The molecule has 2 saturated heterocycles. The van der Waals surface area contributed by atoms with E-state index in [1.54, 1.807) is 4.90 Å². The van der Waals surface area contributed by atoms with Gasteiger partial charge in [0.1, 0.15) is 11.6 Å². The van der Waals surface area contributed by atoms with Crippen molar-refractivity contribution in [1.29, 1.82) is 0 Å². The lowest BCUT2D eigenvalue weighted by atomic mass is 9.97. The Bertz CT molecular complexity index is 936. The van der Waals surface area contributed by atoms with E-state index < -0.39 is 5.82 Å². The number of amides is 2. The predicted octanol–water partition coefficient (Wildman–Crippen LogP) is 4.65. The van der Waals surface area contributed by atoms with Crippen molar-refractivity contribution in [2.24, 2.45) is 5.92 Å². The quantitative estimate of drug-likeness (QED) is 0.674. The molecule has 0 aliphatic carbocycles.